The molecule has 17 heavy (non-hydrogen) atoms. The number of rotatable bonds is 6. The molecule has 1 atom stereocenters. The van der Waals surface area contributed by atoms with Crippen LogP contribution in [0.25, 0.3) is 0 Å². The number of methoxy groups -OCH3 is 2. The molecule has 5 nitrogen and oxygen atoms in total. The van der Waals surface area contributed by atoms with Gasteiger partial charge in [-0.1, -0.05) is 12.1 Å². The van der Waals surface area contributed by atoms with Gasteiger partial charge in [-0.05, 0) is 13.0 Å². The predicted octanol–water partition coefficient (Wildman–Crippen LogP) is 1.87. The molecule has 0 amide bonds. The molecule has 1 N–H and O–H groups in total. The molecule has 0 radical (unpaired) electrons. The first-order valence-electron chi connectivity index (χ1n) is 5.21. The topological polar surface area (TPSA) is 65.0 Å². The summed E-state index contributed by atoms with van der Waals surface area (Å²) in [7, 11) is 2.96. The smallest absolute Gasteiger partial charge is 0.337 e. The minimum atomic E-state index is -1.06. The molecule has 0 fully saturated rings. The molecule has 94 valence electrons. The molecule has 5 heteroatoms. The van der Waals surface area contributed by atoms with Crippen molar-refractivity contribution < 1.29 is 24.1 Å². The van der Waals surface area contributed by atoms with Gasteiger partial charge in [-0.3, -0.25) is 0 Å². The molecule has 0 saturated heterocycles. The van der Waals surface area contributed by atoms with Gasteiger partial charge in [-0.25, -0.2) is 4.79 Å². The van der Waals surface area contributed by atoms with E-state index < -0.39 is 12.1 Å². The second-order valence-corrected chi connectivity index (χ2v) is 3.26. The number of hydrogen-bond donors (Lipinski definition) is 1. The van der Waals surface area contributed by atoms with E-state index in [2.05, 4.69) is 0 Å². The zero-order chi connectivity index (χ0) is 12.8. The standard InChI is InChI=1S/C12H16O5/c1-4-17-11(12(13)14)8-6-5-7-9(15-2)10(8)16-3/h5-7,11H,4H2,1-3H3,(H,13,14). The zero-order valence-corrected chi connectivity index (χ0v) is 10.1. The molecule has 1 rings (SSSR count). The maximum absolute atomic E-state index is 11.1. The second-order valence-electron chi connectivity index (χ2n) is 3.26. The number of aliphatic carboxylic acids is 1. The quantitative estimate of drug-likeness (QED) is 0.822. The van der Waals surface area contributed by atoms with Gasteiger partial charge in [-0.2, -0.15) is 0 Å². The van der Waals surface area contributed by atoms with Gasteiger partial charge in [-0.15, -0.1) is 0 Å². The van der Waals surface area contributed by atoms with Gasteiger partial charge in [0, 0.05) is 12.2 Å². The van der Waals surface area contributed by atoms with Crippen LogP contribution in [0.3, 0.4) is 0 Å². The summed E-state index contributed by atoms with van der Waals surface area (Å²) < 4.78 is 15.5. The molecule has 0 aliphatic rings. The minimum Gasteiger partial charge on any atom is -0.493 e. The molecule has 0 saturated carbocycles. The highest BCUT2D eigenvalue weighted by Gasteiger charge is 2.25. The van der Waals surface area contributed by atoms with E-state index in [-0.39, 0.29) is 0 Å². The van der Waals surface area contributed by atoms with E-state index >= 15 is 0 Å². The summed E-state index contributed by atoms with van der Waals surface area (Å²) in [6.45, 7) is 2.04. The average Bonchev–Trinajstić information content (AvgIpc) is 2.34. The van der Waals surface area contributed by atoms with Crippen LogP contribution in [-0.2, 0) is 9.53 Å². The monoisotopic (exact) mass is 240 g/mol. The molecular weight excluding hydrogens is 224 g/mol. The number of benzene rings is 1. The summed E-state index contributed by atoms with van der Waals surface area (Å²) >= 11 is 0. The SMILES string of the molecule is CCOC(C(=O)O)c1cccc(OC)c1OC. The molecule has 0 spiro atoms. The van der Waals surface area contributed by atoms with Crippen molar-refractivity contribution in [3.63, 3.8) is 0 Å². The van der Waals surface area contributed by atoms with Crippen LogP contribution in [0.15, 0.2) is 18.2 Å². The fraction of sp³-hybridized carbons (Fsp3) is 0.417. The van der Waals surface area contributed by atoms with Crippen molar-refractivity contribution in [2.75, 3.05) is 20.8 Å². The van der Waals surface area contributed by atoms with Crippen molar-refractivity contribution in [2.45, 2.75) is 13.0 Å². The minimum absolute atomic E-state index is 0.303. The van der Waals surface area contributed by atoms with Crippen LogP contribution in [-0.4, -0.2) is 31.9 Å². The highest BCUT2D eigenvalue weighted by atomic mass is 16.5. The van der Waals surface area contributed by atoms with Gasteiger partial charge in [0.05, 0.1) is 14.2 Å². The van der Waals surface area contributed by atoms with E-state index in [1.807, 2.05) is 0 Å². The first kappa shape index (κ1) is 13.3. The lowest BCUT2D eigenvalue weighted by atomic mass is 10.1. The van der Waals surface area contributed by atoms with Crippen molar-refractivity contribution in [1.29, 1.82) is 0 Å². The Labute approximate surface area is 99.9 Å². The highest BCUT2D eigenvalue weighted by molar-refractivity contribution is 5.76. The Morgan fingerprint density at radius 3 is 2.53 bits per heavy atom. The first-order chi connectivity index (χ1) is 8.15. The second kappa shape index (κ2) is 6.10. The molecular formula is C12H16O5. The van der Waals surface area contributed by atoms with Gasteiger partial charge in [0.15, 0.2) is 17.6 Å². The van der Waals surface area contributed by atoms with E-state index in [4.69, 9.17) is 19.3 Å². The van der Waals surface area contributed by atoms with E-state index in [9.17, 15) is 4.79 Å². The maximum atomic E-state index is 11.1. The normalized spacial score (nSPS) is 11.9. The third-order valence-corrected chi connectivity index (χ3v) is 2.27. The summed E-state index contributed by atoms with van der Waals surface area (Å²) in [5.74, 6) is -0.190. The van der Waals surface area contributed by atoms with Crippen LogP contribution in [0.5, 0.6) is 11.5 Å². The van der Waals surface area contributed by atoms with Crippen LogP contribution >= 0.6 is 0 Å². The molecule has 0 bridgehead atoms. The van der Waals surface area contributed by atoms with Crippen molar-refractivity contribution in [1.82, 2.24) is 0 Å². The van der Waals surface area contributed by atoms with Crippen LogP contribution in [0.4, 0.5) is 0 Å². The van der Waals surface area contributed by atoms with Crippen molar-refractivity contribution in [3.8, 4) is 11.5 Å². The van der Waals surface area contributed by atoms with Gasteiger partial charge < -0.3 is 19.3 Å². The average molecular weight is 240 g/mol. The summed E-state index contributed by atoms with van der Waals surface area (Å²) in [4.78, 5) is 11.1. The third-order valence-electron chi connectivity index (χ3n) is 2.27. The molecule has 1 aromatic rings. The van der Waals surface area contributed by atoms with Gasteiger partial charge in [0.2, 0.25) is 0 Å². The predicted molar refractivity (Wildman–Crippen MR) is 61.5 cm³/mol. The number of carboxylic acid groups (broad SMARTS) is 1. The Bertz CT molecular complexity index is 388. The Balaban J connectivity index is 3.22. The fourth-order valence-electron chi connectivity index (χ4n) is 1.58. The number of ether oxygens (including phenoxy) is 3. The lowest BCUT2D eigenvalue weighted by molar-refractivity contribution is -0.150. The Hall–Kier alpha value is -1.75. The summed E-state index contributed by atoms with van der Waals surface area (Å²) in [5.41, 5.74) is 0.446. The first-order valence-corrected chi connectivity index (χ1v) is 5.21. The fourth-order valence-corrected chi connectivity index (χ4v) is 1.58. The largest absolute Gasteiger partial charge is 0.493 e. The molecule has 0 aliphatic heterocycles. The maximum Gasteiger partial charge on any atom is 0.337 e. The summed E-state index contributed by atoms with van der Waals surface area (Å²) in [6.07, 6.45) is -1.05. The number of para-hydroxylation sites is 1. The lowest BCUT2D eigenvalue weighted by Gasteiger charge is -2.17. The van der Waals surface area contributed by atoms with Crippen molar-refractivity contribution in [3.05, 3.63) is 23.8 Å². The van der Waals surface area contributed by atoms with Crippen molar-refractivity contribution >= 4 is 5.97 Å². The van der Waals surface area contributed by atoms with E-state index in [0.29, 0.717) is 23.7 Å². The summed E-state index contributed by atoms with van der Waals surface area (Å²) in [6, 6.07) is 5.05. The third kappa shape index (κ3) is 2.88. The van der Waals surface area contributed by atoms with E-state index in [0.717, 1.165) is 0 Å². The highest BCUT2D eigenvalue weighted by Crippen LogP contribution is 2.35. The molecule has 0 aliphatic carbocycles. The Morgan fingerprint density at radius 2 is 2.06 bits per heavy atom. The molecule has 1 aromatic carbocycles. The van der Waals surface area contributed by atoms with E-state index in [1.165, 1.54) is 14.2 Å². The number of carboxylic acids is 1. The van der Waals surface area contributed by atoms with Crippen molar-refractivity contribution in [2.24, 2.45) is 0 Å². The summed E-state index contributed by atoms with van der Waals surface area (Å²) in [5, 5.41) is 9.12. The Kier molecular flexibility index (Phi) is 4.78. The molecule has 0 heterocycles. The molecule has 0 aromatic heterocycles. The van der Waals surface area contributed by atoms with Gasteiger partial charge in [0.1, 0.15) is 0 Å². The van der Waals surface area contributed by atoms with Gasteiger partial charge >= 0.3 is 5.97 Å². The van der Waals surface area contributed by atoms with Gasteiger partial charge in [0.25, 0.3) is 0 Å². The molecule has 1 unspecified atom stereocenters. The van der Waals surface area contributed by atoms with Crippen LogP contribution < -0.4 is 9.47 Å². The van der Waals surface area contributed by atoms with Crippen LogP contribution in [0.2, 0.25) is 0 Å². The van der Waals surface area contributed by atoms with Crippen LogP contribution in [0.1, 0.15) is 18.6 Å². The zero-order valence-electron chi connectivity index (χ0n) is 10.1. The Morgan fingerprint density at radius 1 is 1.35 bits per heavy atom. The number of carbonyl (C=O) groups is 1. The van der Waals surface area contributed by atoms with E-state index in [1.54, 1.807) is 25.1 Å². The lowest BCUT2D eigenvalue weighted by Crippen LogP contribution is -2.16. The number of hydrogen-bond acceptors (Lipinski definition) is 4. The van der Waals surface area contributed by atoms with Crippen LogP contribution in [0, 0.1) is 0 Å².